The summed E-state index contributed by atoms with van der Waals surface area (Å²) in [6.45, 7) is 3.44. The highest BCUT2D eigenvalue weighted by Gasteiger charge is 2.02. The van der Waals surface area contributed by atoms with Crippen LogP contribution in [0.4, 0.5) is 0 Å². The normalized spacial score (nSPS) is 11.6. The van der Waals surface area contributed by atoms with E-state index < -0.39 is 0 Å². The van der Waals surface area contributed by atoms with Gasteiger partial charge in [-0.2, -0.15) is 4.52 Å². The average Bonchev–Trinajstić information content (AvgIpc) is 2.77. The fraction of sp³-hybridized carbons (Fsp3) is 0.364. The average molecular weight is 233 g/mol. The number of allylic oxidation sites excluding steroid dienone is 1. The van der Waals surface area contributed by atoms with Gasteiger partial charge in [-0.15, -0.1) is 0 Å². The molecule has 0 spiro atoms. The Morgan fingerprint density at radius 3 is 3.29 bits per heavy atom. The zero-order valence-electron chi connectivity index (χ0n) is 9.68. The van der Waals surface area contributed by atoms with Crippen LogP contribution in [-0.4, -0.2) is 26.1 Å². The molecule has 0 fully saturated rings. The molecular formula is C11H15N5O. The summed E-state index contributed by atoms with van der Waals surface area (Å²) in [6, 6.07) is 1.51. The number of nitrogens with one attached hydrogen (secondary N) is 2. The summed E-state index contributed by atoms with van der Waals surface area (Å²) in [5.41, 5.74) is 0.570. The number of hydrogen-bond donors (Lipinski definition) is 2. The van der Waals surface area contributed by atoms with Gasteiger partial charge in [-0.1, -0.05) is 12.2 Å². The molecule has 0 radical (unpaired) electrons. The van der Waals surface area contributed by atoms with Crippen molar-refractivity contribution in [1.82, 2.24) is 24.9 Å². The van der Waals surface area contributed by atoms with Gasteiger partial charge < -0.3 is 5.32 Å². The first-order valence-corrected chi connectivity index (χ1v) is 5.55. The Labute approximate surface area is 98.4 Å². The standard InChI is InChI=1S/C11H15N5O/c1-2-3-4-5-12-7-9-6-10(17)16-11(15-9)13-8-14-16/h2-3,6,8,12H,4-5,7H2,1H3,(H,13,14,15)/b3-2-. The second kappa shape index (κ2) is 5.40. The van der Waals surface area contributed by atoms with E-state index in [1.807, 2.05) is 13.0 Å². The van der Waals surface area contributed by atoms with E-state index in [2.05, 4.69) is 26.5 Å². The molecule has 6 nitrogen and oxygen atoms in total. The molecule has 2 N–H and O–H groups in total. The van der Waals surface area contributed by atoms with Gasteiger partial charge in [0.1, 0.15) is 6.33 Å². The molecule has 0 saturated heterocycles. The second-order valence-corrected chi connectivity index (χ2v) is 3.64. The zero-order chi connectivity index (χ0) is 12.1. The van der Waals surface area contributed by atoms with Crippen LogP contribution < -0.4 is 10.9 Å². The highest BCUT2D eigenvalue weighted by atomic mass is 16.1. The van der Waals surface area contributed by atoms with Crippen LogP contribution >= 0.6 is 0 Å². The number of aromatic nitrogens is 4. The Kier molecular flexibility index (Phi) is 3.66. The number of nitrogens with zero attached hydrogens (tertiary/aromatic N) is 3. The summed E-state index contributed by atoms with van der Waals surface area (Å²) in [4.78, 5) is 19.8. The van der Waals surface area contributed by atoms with Crippen molar-refractivity contribution in [1.29, 1.82) is 0 Å². The highest BCUT2D eigenvalue weighted by molar-refractivity contribution is 5.25. The molecule has 2 aromatic heterocycles. The van der Waals surface area contributed by atoms with E-state index in [-0.39, 0.29) is 5.56 Å². The summed E-state index contributed by atoms with van der Waals surface area (Å²) in [6.07, 6.45) is 6.53. The maximum absolute atomic E-state index is 11.6. The predicted molar refractivity (Wildman–Crippen MR) is 64.7 cm³/mol. The first-order chi connectivity index (χ1) is 8.31. The van der Waals surface area contributed by atoms with E-state index in [9.17, 15) is 4.79 Å². The zero-order valence-corrected chi connectivity index (χ0v) is 9.68. The Hall–Kier alpha value is -1.95. The van der Waals surface area contributed by atoms with E-state index in [4.69, 9.17) is 0 Å². The minimum Gasteiger partial charge on any atom is -0.311 e. The van der Waals surface area contributed by atoms with Crippen LogP contribution in [0.3, 0.4) is 0 Å². The minimum atomic E-state index is -0.141. The molecule has 90 valence electrons. The van der Waals surface area contributed by atoms with E-state index in [0.717, 1.165) is 13.0 Å². The van der Waals surface area contributed by atoms with Crippen molar-refractivity contribution in [2.45, 2.75) is 19.9 Å². The molecule has 2 heterocycles. The fourth-order valence-electron chi connectivity index (χ4n) is 1.53. The Morgan fingerprint density at radius 1 is 1.59 bits per heavy atom. The van der Waals surface area contributed by atoms with E-state index in [0.29, 0.717) is 18.0 Å². The van der Waals surface area contributed by atoms with Gasteiger partial charge >= 0.3 is 0 Å². The Balaban J connectivity index is 2.01. The van der Waals surface area contributed by atoms with Gasteiger partial charge in [0.15, 0.2) is 0 Å². The van der Waals surface area contributed by atoms with Crippen LogP contribution in [0.25, 0.3) is 5.78 Å². The molecule has 2 aromatic rings. The monoisotopic (exact) mass is 233 g/mol. The lowest BCUT2D eigenvalue weighted by atomic mass is 10.3. The SMILES string of the molecule is C/C=C\CCNCc1cc(=O)n2[nH]cnc2n1. The molecule has 17 heavy (non-hydrogen) atoms. The quantitative estimate of drug-likeness (QED) is 0.581. The van der Waals surface area contributed by atoms with Gasteiger partial charge in [0.05, 0.1) is 5.69 Å². The van der Waals surface area contributed by atoms with Crippen LogP contribution in [0.1, 0.15) is 19.0 Å². The third kappa shape index (κ3) is 2.79. The van der Waals surface area contributed by atoms with Gasteiger partial charge in [0.2, 0.25) is 0 Å². The predicted octanol–water partition coefficient (Wildman–Crippen LogP) is 0.473. The summed E-state index contributed by atoms with van der Waals surface area (Å²) >= 11 is 0. The van der Waals surface area contributed by atoms with Crippen LogP contribution in [0.5, 0.6) is 0 Å². The molecule has 0 aliphatic carbocycles. The molecule has 2 rings (SSSR count). The van der Waals surface area contributed by atoms with Crippen molar-refractivity contribution in [3.63, 3.8) is 0 Å². The maximum atomic E-state index is 11.6. The van der Waals surface area contributed by atoms with Crippen LogP contribution in [0, 0.1) is 0 Å². The summed E-state index contributed by atoms with van der Waals surface area (Å²) in [5, 5.41) is 5.92. The molecule has 0 aliphatic rings. The molecule has 6 heteroatoms. The molecular weight excluding hydrogens is 218 g/mol. The third-order valence-electron chi connectivity index (χ3n) is 2.35. The van der Waals surface area contributed by atoms with Crippen molar-refractivity contribution in [3.05, 3.63) is 40.6 Å². The minimum absolute atomic E-state index is 0.141. The number of H-pyrrole nitrogens is 1. The van der Waals surface area contributed by atoms with E-state index in [1.165, 1.54) is 16.9 Å². The Morgan fingerprint density at radius 2 is 2.47 bits per heavy atom. The smallest absolute Gasteiger partial charge is 0.274 e. The number of fused-ring (bicyclic) bond motifs is 1. The topological polar surface area (TPSA) is 75.1 Å². The number of hydrogen-bond acceptors (Lipinski definition) is 4. The number of rotatable bonds is 5. The van der Waals surface area contributed by atoms with Gasteiger partial charge in [0.25, 0.3) is 11.3 Å². The number of aromatic amines is 1. The summed E-state index contributed by atoms with van der Waals surface area (Å²) < 4.78 is 1.31. The summed E-state index contributed by atoms with van der Waals surface area (Å²) in [7, 11) is 0. The second-order valence-electron chi connectivity index (χ2n) is 3.64. The third-order valence-corrected chi connectivity index (χ3v) is 2.35. The molecule has 0 bridgehead atoms. The van der Waals surface area contributed by atoms with Crippen molar-refractivity contribution in [2.75, 3.05) is 6.54 Å². The first-order valence-electron chi connectivity index (χ1n) is 5.55. The molecule has 0 unspecified atom stereocenters. The summed E-state index contributed by atoms with van der Waals surface area (Å²) in [5.74, 6) is 0.405. The van der Waals surface area contributed by atoms with Gasteiger partial charge in [0, 0.05) is 12.6 Å². The fourth-order valence-corrected chi connectivity index (χ4v) is 1.53. The van der Waals surface area contributed by atoms with Crippen LogP contribution in [0.2, 0.25) is 0 Å². The molecule has 0 amide bonds. The van der Waals surface area contributed by atoms with Crippen molar-refractivity contribution < 1.29 is 0 Å². The largest absolute Gasteiger partial charge is 0.311 e. The van der Waals surface area contributed by atoms with E-state index >= 15 is 0 Å². The molecule has 0 aliphatic heterocycles. The van der Waals surface area contributed by atoms with Crippen LogP contribution in [0.15, 0.2) is 29.3 Å². The van der Waals surface area contributed by atoms with Gasteiger partial charge in [-0.05, 0) is 19.9 Å². The van der Waals surface area contributed by atoms with Gasteiger partial charge in [-0.3, -0.25) is 9.89 Å². The maximum Gasteiger partial charge on any atom is 0.274 e. The molecule has 0 saturated carbocycles. The van der Waals surface area contributed by atoms with Gasteiger partial charge in [-0.25, -0.2) is 9.97 Å². The molecule has 0 atom stereocenters. The van der Waals surface area contributed by atoms with Crippen molar-refractivity contribution >= 4 is 5.78 Å². The van der Waals surface area contributed by atoms with E-state index in [1.54, 1.807) is 0 Å². The first kappa shape index (κ1) is 11.5. The lowest BCUT2D eigenvalue weighted by Crippen LogP contribution is -2.20. The lowest BCUT2D eigenvalue weighted by molar-refractivity contribution is 0.678. The van der Waals surface area contributed by atoms with Crippen LogP contribution in [-0.2, 0) is 6.54 Å². The lowest BCUT2D eigenvalue weighted by Gasteiger charge is -2.02. The molecule has 0 aromatic carbocycles. The highest BCUT2D eigenvalue weighted by Crippen LogP contribution is 1.93. The van der Waals surface area contributed by atoms with Crippen molar-refractivity contribution in [2.24, 2.45) is 0 Å². The Bertz CT molecular complexity index is 568. The van der Waals surface area contributed by atoms with Crippen molar-refractivity contribution in [3.8, 4) is 0 Å².